The number of benzene rings is 1. The molecule has 162 valence electrons. The Bertz CT molecular complexity index is 1390. The third kappa shape index (κ3) is 4.41. The summed E-state index contributed by atoms with van der Waals surface area (Å²) in [5.74, 6) is 0.592. The monoisotopic (exact) mass is 431 g/mol. The van der Waals surface area contributed by atoms with Gasteiger partial charge < -0.3 is 10.1 Å². The molecule has 0 aliphatic rings. The summed E-state index contributed by atoms with van der Waals surface area (Å²) in [5, 5.41) is 2.89. The molecular formula is C23H21N5O4. The summed E-state index contributed by atoms with van der Waals surface area (Å²) < 4.78 is 7.06. The first-order chi connectivity index (χ1) is 15.4. The fourth-order valence-electron chi connectivity index (χ4n) is 3.17. The second kappa shape index (κ2) is 8.84. The SMILES string of the molecule is CCCn1c(=O)[nH]c(=O)c2cc(C(=O)Nc3ccc(Oc4ccc(C)cc4)nc3)cnc21. The molecule has 9 heteroatoms. The van der Waals surface area contributed by atoms with Crippen LogP contribution in [0, 0.1) is 6.92 Å². The highest BCUT2D eigenvalue weighted by Gasteiger charge is 2.13. The lowest BCUT2D eigenvalue weighted by atomic mass is 10.2. The Morgan fingerprint density at radius 2 is 1.88 bits per heavy atom. The first-order valence-electron chi connectivity index (χ1n) is 10.1. The normalized spacial score (nSPS) is 10.8. The van der Waals surface area contributed by atoms with Crippen molar-refractivity contribution in [2.24, 2.45) is 0 Å². The van der Waals surface area contributed by atoms with Crippen molar-refractivity contribution in [2.45, 2.75) is 26.8 Å². The quantitative estimate of drug-likeness (QED) is 0.484. The Morgan fingerprint density at radius 1 is 1.09 bits per heavy atom. The molecule has 0 aliphatic carbocycles. The Morgan fingerprint density at radius 3 is 2.56 bits per heavy atom. The van der Waals surface area contributed by atoms with Crippen molar-refractivity contribution in [3.05, 3.63) is 86.8 Å². The zero-order chi connectivity index (χ0) is 22.7. The van der Waals surface area contributed by atoms with Gasteiger partial charge in [-0.05, 0) is 37.6 Å². The second-order valence-corrected chi connectivity index (χ2v) is 7.26. The number of hydrogen-bond donors (Lipinski definition) is 2. The molecule has 1 aromatic carbocycles. The zero-order valence-corrected chi connectivity index (χ0v) is 17.6. The summed E-state index contributed by atoms with van der Waals surface area (Å²) in [4.78, 5) is 47.6. The topological polar surface area (TPSA) is 119 Å². The van der Waals surface area contributed by atoms with Crippen LogP contribution in [0.5, 0.6) is 11.6 Å². The van der Waals surface area contributed by atoms with Gasteiger partial charge in [-0.3, -0.25) is 19.1 Å². The Hall–Kier alpha value is -4.27. The minimum atomic E-state index is -0.584. The number of H-pyrrole nitrogens is 1. The number of amides is 1. The van der Waals surface area contributed by atoms with E-state index in [-0.39, 0.29) is 16.6 Å². The predicted molar refractivity (Wildman–Crippen MR) is 120 cm³/mol. The van der Waals surface area contributed by atoms with Crippen molar-refractivity contribution in [2.75, 3.05) is 5.32 Å². The van der Waals surface area contributed by atoms with Crippen molar-refractivity contribution in [1.82, 2.24) is 19.5 Å². The van der Waals surface area contributed by atoms with Crippen molar-refractivity contribution < 1.29 is 9.53 Å². The van der Waals surface area contributed by atoms with Gasteiger partial charge in [-0.15, -0.1) is 0 Å². The number of pyridine rings is 2. The van der Waals surface area contributed by atoms with Crippen LogP contribution in [0.3, 0.4) is 0 Å². The number of nitrogens with one attached hydrogen (secondary N) is 2. The van der Waals surface area contributed by atoms with Crippen LogP contribution in [0.15, 0.2) is 64.4 Å². The van der Waals surface area contributed by atoms with Crippen molar-refractivity contribution in [1.29, 1.82) is 0 Å². The van der Waals surface area contributed by atoms with Crippen LogP contribution in [0.4, 0.5) is 5.69 Å². The van der Waals surface area contributed by atoms with E-state index in [1.807, 2.05) is 38.1 Å². The fourth-order valence-corrected chi connectivity index (χ4v) is 3.17. The lowest BCUT2D eigenvalue weighted by molar-refractivity contribution is 0.102. The predicted octanol–water partition coefficient (Wildman–Crippen LogP) is 3.24. The molecular weight excluding hydrogens is 410 g/mol. The van der Waals surface area contributed by atoms with Gasteiger partial charge in [-0.1, -0.05) is 24.6 Å². The molecule has 1 amide bonds. The molecule has 0 atom stereocenters. The summed E-state index contributed by atoms with van der Waals surface area (Å²) in [6.07, 6.45) is 3.51. The highest BCUT2D eigenvalue weighted by molar-refractivity contribution is 6.05. The third-order valence-corrected chi connectivity index (χ3v) is 4.78. The summed E-state index contributed by atoms with van der Waals surface area (Å²) in [6.45, 7) is 4.31. The molecule has 4 rings (SSSR count). The van der Waals surface area contributed by atoms with E-state index < -0.39 is 17.2 Å². The lowest BCUT2D eigenvalue weighted by Gasteiger charge is -2.09. The summed E-state index contributed by atoms with van der Waals surface area (Å²) in [6, 6.07) is 12.3. The number of carbonyl (C=O) groups is 1. The molecule has 9 nitrogen and oxygen atoms in total. The van der Waals surface area contributed by atoms with Crippen molar-refractivity contribution in [3.63, 3.8) is 0 Å². The average molecular weight is 431 g/mol. The van der Waals surface area contributed by atoms with Gasteiger partial charge in [-0.2, -0.15) is 0 Å². The minimum absolute atomic E-state index is 0.172. The first-order valence-corrected chi connectivity index (χ1v) is 10.1. The van der Waals surface area contributed by atoms with E-state index in [0.29, 0.717) is 30.3 Å². The largest absolute Gasteiger partial charge is 0.439 e. The Balaban J connectivity index is 1.52. The summed E-state index contributed by atoms with van der Waals surface area (Å²) in [5.41, 5.74) is 0.909. The third-order valence-electron chi connectivity index (χ3n) is 4.78. The maximum atomic E-state index is 12.7. The van der Waals surface area contributed by atoms with E-state index in [1.165, 1.54) is 23.0 Å². The van der Waals surface area contributed by atoms with Crippen LogP contribution in [0.25, 0.3) is 11.0 Å². The zero-order valence-electron chi connectivity index (χ0n) is 17.6. The van der Waals surface area contributed by atoms with Gasteiger partial charge in [0.15, 0.2) is 0 Å². The second-order valence-electron chi connectivity index (χ2n) is 7.26. The number of rotatable bonds is 6. The number of carbonyl (C=O) groups excluding carboxylic acids is 1. The van der Waals surface area contributed by atoms with Crippen LogP contribution in [-0.2, 0) is 6.54 Å². The number of aromatic nitrogens is 4. The number of anilines is 1. The molecule has 32 heavy (non-hydrogen) atoms. The number of fused-ring (bicyclic) bond motifs is 1. The smallest absolute Gasteiger partial charge is 0.329 e. The molecule has 0 spiro atoms. The molecule has 0 radical (unpaired) electrons. The van der Waals surface area contributed by atoms with E-state index >= 15 is 0 Å². The fraction of sp³-hybridized carbons (Fsp3) is 0.174. The molecule has 4 aromatic rings. The molecule has 0 saturated carbocycles. The standard InChI is InChI=1S/C23H21N5O4/c1-3-10-28-20-18(22(30)27-23(28)31)11-15(12-25-20)21(29)26-16-6-9-19(24-13-16)32-17-7-4-14(2)5-8-17/h4-9,11-13H,3,10H2,1-2H3,(H,26,29)(H,27,30,31). The van der Waals surface area contributed by atoms with Gasteiger partial charge in [0.25, 0.3) is 11.5 Å². The van der Waals surface area contributed by atoms with Crippen molar-refractivity contribution >= 4 is 22.6 Å². The number of nitrogens with zero attached hydrogens (tertiary/aromatic N) is 3. The average Bonchev–Trinajstić information content (AvgIpc) is 2.79. The van der Waals surface area contributed by atoms with E-state index in [9.17, 15) is 14.4 Å². The lowest BCUT2D eigenvalue weighted by Crippen LogP contribution is -2.31. The number of hydrogen-bond acceptors (Lipinski definition) is 6. The molecule has 3 aromatic heterocycles. The number of ether oxygens (including phenoxy) is 1. The Kier molecular flexibility index (Phi) is 5.80. The van der Waals surface area contributed by atoms with Crippen LogP contribution in [0.2, 0.25) is 0 Å². The molecule has 0 unspecified atom stereocenters. The Labute approximate surface area is 182 Å². The number of aryl methyl sites for hydroxylation is 2. The van der Waals surface area contributed by atoms with E-state index in [2.05, 4.69) is 20.3 Å². The maximum Gasteiger partial charge on any atom is 0.329 e. The maximum absolute atomic E-state index is 12.7. The molecule has 3 heterocycles. The molecule has 0 saturated heterocycles. The molecule has 0 fully saturated rings. The number of aromatic amines is 1. The molecule has 0 bridgehead atoms. The van der Waals surface area contributed by atoms with Gasteiger partial charge in [-0.25, -0.2) is 14.8 Å². The minimum Gasteiger partial charge on any atom is -0.439 e. The van der Waals surface area contributed by atoms with Gasteiger partial charge in [0, 0.05) is 18.8 Å². The van der Waals surface area contributed by atoms with E-state index in [0.717, 1.165) is 5.56 Å². The van der Waals surface area contributed by atoms with Gasteiger partial charge in [0.2, 0.25) is 5.88 Å². The van der Waals surface area contributed by atoms with Crippen LogP contribution < -0.4 is 21.3 Å². The van der Waals surface area contributed by atoms with E-state index in [4.69, 9.17) is 4.74 Å². The van der Waals surface area contributed by atoms with Crippen LogP contribution in [0.1, 0.15) is 29.3 Å². The molecule has 2 N–H and O–H groups in total. The highest BCUT2D eigenvalue weighted by Crippen LogP contribution is 2.21. The summed E-state index contributed by atoms with van der Waals surface area (Å²) >= 11 is 0. The first kappa shape index (κ1) is 21.0. The highest BCUT2D eigenvalue weighted by atomic mass is 16.5. The van der Waals surface area contributed by atoms with Gasteiger partial charge in [0.05, 0.1) is 22.8 Å². The summed E-state index contributed by atoms with van der Waals surface area (Å²) in [7, 11) is 0. The van der Waals surface area contributed by atoms with Gasteiger partial charge >= 0.3 is 5.69 Å². The van der Waals surface area contributed by atoms with E-state index in [1.54, 1.807) is 12.1 Å². The van der Waals surface area contributed by atoms with Crippen LogP contribution in [-0.4, -0.2) is 25.4 Å². The van der Waals surface area contributed by atoms with Gasteiger partial charge in [0.1, 0.15) is 11.4 Å². The molecule has 0 aliphatic heterocycles. The van der Waals surface area contributed by atoms with Crippen LogP contribution >= 0.6 is 0 Å². The van der Waals surface area contributed by atoms with Crippen molar-refractivity contribution in [3.8, 4) is 11.6 Å².